The van der Waals surface area contributed by atoms with E-state index in [4.69, 9.17) is 0 Å². The van der Waals surface area contributed by atoms with E-state index < -0.39 is 0 Å². The number of aromatic nitrogens is 2. The molecule has 1 aromatic carbocycles. The summed E-state index contributed by atoms with van der Waals surface area (Å²) in [5.74, 6) is 0.847. The molecule has 130 valence electrons. The van der Waals surface area contributed by atoms with E-state index in [0.717, 1.165) is 11.2 Å². The van der Waals surface area contributed by atoms with Crippen LogP contribution in [0.15, 0.2) is 54.7 Å². The molecule has 0 aliphatic carbocycles. The molecule has 0 N–H and O–H groups in total. The molecule has 1 saturated heterocycles. The Hall–Kier alpha value is -3.33. The van der Waals surface area contributed by atoms with E-state index in [0.29, 0.717) is 44.1 Å². The number of imidazole rings is 1. The van der Waals surface area contributed by atoms with Crippen molar-refractivity contribution in [3.63, 3.8) is 0 Å². The number of nitrogens with zero attached hydrogens (tertiary/aromatic N) is 5. The van der Waals surface area contributed by atoms with Crippen LogP contribution in [0.3, 0.4) is 0 Å². The fourth-order valence-electron chi connectivity index (χ4n) is 3.36. The van der Waals surface area contributed by atoms with Gasteiger partial charge in [-0.2, -0.15) is 5.26 Å². The molecule has 6 heteroatoms. The number of amides is 1. The Morgan fingerprint density at radius 3 is 2.50 bits per heavy atom. The number of carbonyl (C=O) groups is 1. The summed E-state index contributed by atoms with van der Waals surface area (Å²) < 4.78 is 1.81. The molecule has 4 rings (SSSR count). The molecule has 1 fully saturated rings. The summed E-state index contributed by atoms with van der Waals surface area (Å²) in [6.45, 7) is 2.65. The van der Waals surface area contributed by atoms with Gasteiger partial charge in [-0.1, -0.05) is 36.4 Å². The van der Waals surface area contributed by atoms with Crippen LogP contribution in [-0.2, 0) is 11.2 Å². The molecule has 2 aromatic heterocycles. The first-order chi connectivity index (χ1) is 12.8. The number of benzene rings is 1. The SMILES string of the molecule is N#Cc1c(N2CCN(C(=O)Cc3ccccc3)CC2)nc2ccccn12. The van der Waals surface area contributed by atoms with Crippen molar-refractivity contribution < 1.29 is 4.79 Å². The average molecular weight is 345 g/mol. The average Bonchev–Trinajstić information content (AvgIpc) is 3.07. The highest BCUT2D eigenvalue weighted by Gasteiger charge is 2.25. The molecule has 1 aliphatic rings. The molecular weight excluding hydrogens is 326 g/mol. The fourth-order valence-corrected chi connectivity index (χ4v) is 3.36. The topological polar surface area (TPSA) is 64.6 Å². The zero-order chi connectivity index (χ0) is 17.9. The number of pyridine rings is 1. The molecule has 0 bridgehead atoms. The minimum atomic E-state index is 0.145. The first kappa shape index (κ1) is 16.2. The number of hydrogen-bond acceptors (Lipinski definition) is 4. The summed E-state index contributed by atoms with van der Waals surface area (Å²) in [4.78, 5) is 21.1. The third kappa shape index (κ3) is 3.00. The highest BCUT2D eigenvalue weighted by molar-refractivity contribution is 5.79. The molecule has 0 radical (unpaired) electrons. The standard InChI is InChI=1S/C20H19N5O/c21-15-17-20(22-18-8-4-5-9-25(17)18)24-12-10-23(11-13-24)19(26)14-16-6-2-1-3-7-16/h1-9H,10-14H2. The van der Waals surface area contributed by atoms with Crippen LogP contribution in [-0.4, -0.2) is 46.4 Å². The second kappa shape index (κ2) is 6.89. The number of nitriles is 1. The van der Waals surface area contributed by atoms with E-state index in [1.54, 1.807) is 0 Å². The predicted molar refractivity (Wildman–Crippen MR) is 98.8 cm³/mol. The summed E-state index contributed by atoms with van der Waals surface area (Å²) in [6, 6.07) is 17.8. The lowest BCUT2D eigenvalue weighted by molar-refractivity contribution is -0.130. The molecule has 3 aromatic rings. The molecule has 6 nitrogen and oxygen atoms in total. The molecule has 3 heterocycles. The van der Waals surface area contributed by atoms with Gasteiger partial charge in [-0.25, -0.2) is 4.98 Å². The molecule has 0 spiro atoms. The Morgan fingerprint density at radius 1 is 1.04 bits per heavy atom. The maximum Gasteiger partial charge on any atom is 0.227 e. The minimum Gasteiger partial charge on any atom is -0.351 e. The largest absolute Gasteiger partial charge is 0.351 e. The van der Waals surface area contributed by atoms with Gasteiger partial charge in [0.25, 0.3) is 0 Å². The Balaban J connectivity index is 1.46. The lowest BCUT2D eigenvalue weighted by Crippen LogP contribution is -2.49. The highest BCUT2D eigenvalue weighted by atomic mass is 16.2. The molecule has 0 saturated carbocycles. The Kier molecular flexibility index (Phi) is 4.28. The van der Waals surface area contributed by atoms with Gasteiger partial charge >= 0.3 is 0 Å². The highest BCUT2D eigenvalue weighted by Crippen LogP contribution is 2.22. The summed E-state index contributed by atoms with van der Waals surface area (Å²) in [7, 11) is 0. The van der Waals surface area contributed by atoms with Gasteiger partial charge in [0.05, 0.1) is 6.42 Å². The molecule has 1 amide bonds. The van der Waals surface area contributed by atoms with Crippen molar-refractivity contribution in [2.75, 3.05) is 31.1 Å². The second-order valence-corrected chi connectivity index (χ2v) is 6.35. The van der Waals surface area contributed by atoms with E-state index in [9.17, 15) is 10.1 Å². The van der Waals surface area contributed by atoms with E-state index in [-0.39, 0.29) is 5.91 Å². The van der Waals surface area contributed by atoms with Crippen LogP contribution in [0.1, 0.15) is 11.3 Å². The maximum atomic E-state index is 12.5. The van der Waals surface area contributed by atoms with Crippen molar-refractivity contribution in [3.05, 3.63) is 66.0 Å². The fraction of sp³-hybridized carbons (Fsp3) is 0.250. The first-order valence-corrected chi connectivity index (χ1v) is 8.70. The van der Waals surface area contributed by atoms with Crippen molar-refractivity contribution in [2.24, 2.45) is 0 Å². The van der Waals surface area contributed by atoms with Crippen LogP contribution >= 0.6 is 0 Å². The summed E-state index contributed by atoms with van der Waals surface area (Å²) in [6.07, 6.45) is 2.28. The number of rotatable bonds is 3. The minimum absolute atomic E-state index is 0.145. The van der Waals surface area contributed by atoms with Gasteiger partial charge in [0.15, 0.2) is 11.5 Å². The van der Waals surface area contributed by atoms with E-state index in [1.807, 2.05) is 64.0 Å². The van der Waals surface area contributed by atoms with Crippen LogP contribution in [0.4, 0.5) is 5.82 Å². The van der Waals surface area contributed by atoms with Gasteiger partial charge in [0.1, 0.15) is 11.7 Å². The second-order valence-electron chi connectivity index (χ2n) is 6.35. The number of carbonyl (C=O) groups excluding carboxylic acids is 1. The van der Waals surface area contributed by atoms with Gasteiger partial charge in [-0.3, -0.25) is 9.20 Å². The lowest BCUT2D eigenvalue weighted by atomic mass is 10.1. The summed E-state index contributed by atoms with van der Waals surface area (Å²) in [5.41, 5.74) is 2.35. The number of anilines is 1. The van der Waals surface area contributed by atoms with Crippen molar-refractivity contribution in [2.45, 2.75) is 6.42 Å². The molecule has 1 aliphatic heterocycles. The Morgan fingerprint density at radius 2 is 1.77 bits per heavy atom. The summed E-state index contributed by atoms with van der Waals surface area (Å²) >= 11 is 0. The zero-order valence-electron chi connectivity index (χ0n) is 14.4. The molecular formula is C20H19N5O. The first-order valence-electron chi connectivity index (χ1n) is 8.70. The number of hydrogen-bond donors (Lipinski definition) is 0. The zero-order valence-corrected chi connectivity index (χ0v) is 14.4. The van der Waals surface area contributed by atoms with E-state index in [2.05, 4.69) is 16.0 Å². The van der Waals surface area contributed by atoms with E-state index >= 15 is 0 Å². The van der Waals surface area contributed by atoms with Crippen molar-refractivity contribution >= 4 is 17.4 Å². The Labute approximate surface area is 151 Å². The smallest absolute Gasteiger partial charge is 0.227 e. The van der Waals surface area contributed by atoms with Crippen LogP contribution < -0.4 is 4.90 Å². The molecule has 26 heavy (non-hydrogen) atoms. The predicted octanol–water partition coefficient (Wildman–Crippen LogP) is 2.10. The van der Waals surface area contributed by atoms with E-state index in [1.165, 1.54) is 0 Å². The van der Waals surface area contributed by atoms with Gasteiger partial charge < -0.3 is 9.80 Å². The van der Waals surface area contributed by atoms with Crippen LogP contribution in [0, 0.1) is 11.3 Å². The third-order valence-corrected chi connectivity index (χ3v) is 4.75. The number of fused-ring (bicyclic) bond motifs is 1. The third-order valence-electron chi connectivity index (χ3n) is 4.75. The van der Waals surface area contributed by atoms with Crippen LogP contribution in [0.2, 0.25) is 0 Å². The van der Waals surface area contributed by atoms with Crippen LogP contribution in [0.5, 0.6) is 0 Å². The normalized spacial score (nSPS) is 14.4. The van der Waals surface area contributed by atoms with Gasteiger partial charge in [-0.05, 0) is 17.7 Å². The number of piperazine rings is 1. The summed E-state index contributed by atoms with van der Waals surface area (Å²) in [5, 5.41) is 9.54. The quantitative estimate of drug-likeness (QED) is 0.729. The molecule has 0 unspecified atom stereocenters. The molecule has 0 atom stereocenters. The van der Waals surface area contributed by atoms with Gasteiger partial charge in [0.2, 0.25) is 5.91 Å². The maximum absolute atomic E-state index is 12.5. The van der Waals surface area contributed by atoms with Crippen molar-refractivity contribution in [1.82, 2.24) is 14.3 Å². The van der Waals surface area contributed by atoms with Gasteiger partial charge in [-0.15, -0.1) is 0 Å². The monoisotopic (exact) mass is 345 g/mol. The lowest BCUT2D eigenvalue weighted by Gasteiger charge is -2.35. The van der Waals surface area contributed by atoms with Crippen molar-refractivity contribution in [1.29, 1.82) is 5.26 Å². The van der Waals surface area contributed by atoms with Gasteiger partial charge in [0, 0.05) is 32.4 Å². The Bertz CT molecular complexity index is 965. The van der Waals surface area contributed by atoms with Crippen molar-refractivity contribution in [3.8, 4) is 6.07 Å². The van der Waals surface area contributed by atoms with Crippen LogP contribution in [0.25, 0.3) is 5.65 Å².